The van der Waals surface area contributed by atoms with Crippen molar-refractivity contribution in [3.05, 3.63) is 64.7 Å². The number of nitrogens with zero attached hydrogens (tertiary/aromatic N) is 1. The minimum absolute atomic E-state index is 0.136. The summed E-state index contributed by atoms with van der Waals surface area (Å²) in [5, 5.41) is 0. The second-order valence-electron chi connectivity index (χ2n) is 8.87. The number of halogens is 2. The first-order chi connectivity index (χ1) is 14.8. The topological polar surface area (TPSA) is 72.9 Å². The van der Waals surface area contributed by atoms with Crippen LogP contribution in [0.2, 0.25) is 0 Å². The summed E-state index contributed by atoms with van der Waals surface area (Å²) in [6.45, 7) is 6.29. The van der Waals surface area contributed by atoms with Crippen molar-refractivity contribution in [1.82, 2.24) is 4.90 Å². The number of aryl methyl sites for hydroxylation is 1. The van der Waals surface area contributed by atoms with Gasteiger partial charge in [0, 0.05) is 18.7 Å². The molecule has 6 nitrogen and oxygen atoms in total. The quantitative estimate of drug-likeness (QED) is 0.592. The highest BCUT2D eigenvalue weighted by Gasteiger charge is 2.36. The molecule has 32 heavy (non-hydrogen) atoms. The largest absolute Gasteiger partial charge is 0.444 e. The van der Waals surface area contributed by atoms with Crippen molar-refractivity contribution in [3.63, 3.8) is 0 Å². The van der Waals surface area contributed by atoms with E-state index in [9.17, 15) is 22.0 Å². The predicted molar refractivity (Wildman–Crippen MR) is 115 cm³/mol. The SMILES string of the molecule is Cc1ccc(S(=O)(=O)OCC(F)(F)c2ccc3c(c2)CN(C(=O)OC(C)(C)C)CC3)cc1. The lowest BCUT2D eigenvalue weighted by Gasteiger charge is -2.31. The van der Waals surface area contributed by atoms with Crippen LogP contribution in [0, 0.1) is 6.92 Å². The van der Waals surface area contributed by atoms with Crippen LogP contribution in [0.3, 0.4) is 0 Å². The van der Waals surface area contributed by atoms with Crippen LogP contribution in [-0.2, 0) is 37.9 Å². The summed E-state index contributed by atoms with van der Waals surface area (Å²) in [7, 11) is -4.32. The van der Waals surface area contributed by atoms with Crippen molar-refractivity contribution in [1.29, 1.82) is 0 Å². The molecule has 0 aromatic heterocycles. The van der Waals surface area contributed by atoms with Gasteiger partial charge in [0.2, 0.25) is 0 Å². The van der Waals surface area contributed by atoms with E-state index in [0.29, 0.717) is 18.5 Å². The molecule has 0 unspecified atom stereocenters. The molecule has 0 saturated heterocycles. The number of hydrogen-bond acceptors (Lipinski definition) is 5. The van der Waals surface area contributed by atoms with Gasteiger partial charge >= 0.3 is 6.09 Å². The molecule has 9 heteroatoms. The molecule has 174 valence electrons. The highest BCUT2D eigenvalue weighted by molar-refractivity contribution is 7.86. The van der Waals surface area contributed by atoms with Gasteiger partial charge in [-0.1, -0.05) is 29.8 Å². The van der Waals surface area contributed by atoms with Crippen LogP contribution < -0.4 is 0 Å². The van der Waals surface area contributed by atoms with Crippen LogP contribution >= 0.6 is 0 Å². The summed E-state index contributed by atoms with van der Waals surface area (Å²) < 4.78 is 64.2. The Kier molecular flexibility index (Phi) is 6.62. The van der Waals surface area contributed by atoms with Crippen LogP contribution in [0.4, 0.5) is 13.6 Å². The van der Waals surface area contributed by atoms with E-state index >= 15 is 0 Å². The van der Waals surface area contributed by atoms with E-state index < -0.39 is 34.3 Å². The average Bonchev–Trinajstić information content (AvgIpc) is 2.71. The monoisotopic (exact) mass is 467 g/mol. The van der Waals surface area contributed by atoms with Crippen LogP contribution in [0.5, 0.6) is 0 Å². The van der Waals surface area contributed by atoms with Gasteiger partial charge in [-0.05, 0) is 63.4 Å². The molecule has 1 amide bonds. The molecule has 1 aliphatic heterocycles. The lowest BCUT2D eigenvalue weighted by atomic mass is 9.95. The van der Waals surface area contributed by atoms with E-state index in [2.05, 4.69) is 4.18 Å². The molecule has 0 fully saturated rings. The Balaban J connectivity index is 1.73. The van der Waals surface area contributed by atoms with E-state index in [4.69, 9.17) is 4.74 Å². The van der Waals surface area contributed by atoms with Gasteiger partial charge < -0.3 is 9.64 Å². The number of rotatable bonds is 5. The van der Waals surface area contributed by atoms with Crippen molar-refractivity contribution in [2.45, 2.75) is 57.1 Å². The average molecular weight is 468 g/mol. The fraction of sp³-hybridized carbons (Fsp3) is 0.435. The summed E-state index contributed by atoms with van der Waals surface area (Å²) >= 11 is 0. The molecule has 0 atom stereocenters. The number of benzene rings is 2. The number of ether oxygens (including phenoxy) is 1. The third-order valence-corrected chi connectivity index (χ3v) is 6.28. The van der Waals surface area contributed by atoms with Crippen LogP contribution in [0.1, 0.15) is 43.0 Å². The first-order valence-electron chi connectivity index (χ1n) is 10.2. The maximum atomic E-state index is 14.8. The van der Waals surface area contributed by atoms with E-state index in [1.54, 1.807) is 45.9 Å². The van der Waals surface area contributed by atoms with Crippen molar-refractivity contribution >= 4 is 16.2 Å². The molecule has 0 radical (unpaired) electrons. The van der Waals surface area contributed by atoms with Crippen LogP contribution in [0.15, 0.2) is 47.4 Å². The standard InChI is InChI=1S/C23H27F2NO5S/c1-16-5-9-20(10-6-16)32(28,29)30-15-23(24,25)19-8-7-17-11-12-26(14-18(17)13-19)21(27)31-22(2,3)4/h5-10,13H,11-12,14-15H2,1-4H3. The van der Waals surface area contributed by atoms with Gasteiger partial charge in [-0.15, -0.1) is 0 Å². The van der Waals surface area contributed by atoms with Crippen molar-refractivity contribution in [2.24, 2.45) is 0 Å². The molecule has 0 spiro atoms. The number of carbonyl (C=O) groups excluding carboxylic acids is 1. The summed E-state index contributed by atoms with van der Waals surface area (Å²) in [6, 6.07) is 9.90. The number of alkyl halides is 2. The van der Waals surface area contributed by atoms with Crippen LogP contribution in [-0.4, -0.2) is 38.2 Å². The van der Waals surface area contributed by atoms with Crippen LogP contribution in [0.25, 0.3) is 0 Å². The van der Waals surface area contributed by atoms with E-state index in [-0.39, 0.29) is 17.0 Å². The van der Waals surface area contributed by atoms with Gasteiger partial charge in [0.15, 0.2) is 0 Å². The summed E-state index contributed by atoms with van der Waals surface area (Å²) in [5.74, 6) is -3.54. The zero-order valence-electron chi connectivity index (χ0n) is 18.5. The number of carbonyl (C=O) groups is 1. The minimum Gasteiger partial charge on any atom is -0.444 e. The Morgan fingerprint density at radius 3 is 2.34 bits per heavy atom. The van der Waals surface area contributed by atoms with Crippen molar-refractivity contribution in [2.75, 3.05) is 13.2 Å². The molecule has 1 heterocycles. The molecule has 3 rings (SSSR count). The number of hydrogen-bond donors (Lipinski definition) is 0. The summed E-state index contributed by atoms with van der Waals surface area (Å²) in [6.07, 6.45) is 0.00600. The molecule has 0 saturated carbocycles. The Hall–Kier alpha value is -2.52. The zero-order valence-corrected chi connectivity index (χ0v) is 19.3. The fourth-order valence-corrected chi connectivity index (χ4v) is 4.18. The minimum atomic E-state index is -4.32. The molecule has 1 aliphatic rings. The zero-order chi connectivity index (χ0) is 23.7. The molecule has 2 aromatic carbocycles. The highest BCUT2D eigenvalue weighted by Crippen LogP contribution is 2.33. The number of fused-ring (bicyclic) bond motifs is 1. The molecular formula is C23H27F2NO5S. The van der Waals surface area contributed by atoms with Gasteiger partial charge in [0.05, 0.1) is 4.90 Å². The highest BCUT2D eigenvalue weighted by atomic mass is 32.2. The third-order valence-electron chi connectivity index (χ3n) is 5.00. The first kappa shape index (κ1) is 24.1. The Labute approximate surface area is 187 Å². The smallest absolute Gasteiger partial charge is 0.410 e. The fourth-order valence-electron chi connectivity index (χ4n) is 3.27. The molecule has 2 aromatic rings. The van der Waals surface area contributed by atoms with Gasteiger partial charge in [-0.25, -0.2) is 4.79 Å². The van der Waals surface area contributed by atoms with Gasteiger partial charge in [0.25, 0.3) is 16.0 Å². The summed E-state index contributed by atoms with van der Waals surface area (Å²) in [4.78, 5) is 13.6. The lowest BCUT2D eigenvalue weighted by molar-refractivity contribution is -0.0451. The van der Waals surface area contributed by atoms with Crippen molar-refractivity contribution in [3.8, 4) is 0 Å². The summed E-state index contributed by atoms with van der Waals surface area (Å²) in [5.41, 5.74) is 1.23. The van der Waals surface area contributed by atoms with E-state index in [0.717, 1.165) is 11.1 Å². The lowest BCUT2D eigenvalue weighted by Crippen LogP contribution is -2.40. The van der Waals surface area contributed by atoms with Crippen molar-refractivity contribution < 1.29 is 30.9 Å². The molecule has 0 aliphatic carbocycles. The second kappa shape index (κ2) is 8.78. The van der Waals surface area contributed by atoms with E-state index in [1.807, 2.05) is 0 Å². The molecule has 0 N–H and O–H groups in total. The van der Waals surface area contributed by atoms with E-state index in [1.165, 1.54) is 29.2 Å². The van der Waals surface area contributed by atoms with Gasteiger partial charge in [0.1, 0.15) is 12.2 Å². The maximum Gasteiger partial charge on any atom is 0.410 e. The second-order valence-corrected chi connectivity index (χ2v) is 10.5. The molecule has 0 bridgehead atoms. The maximum absolute atomic E-state index is 14.8. The third kappa shape index (κ3) is 5.83. The van der Waals surface area contributed by atoms with Gasteiger partial charge in [-0.2, -0.15) is 17.2 Å². The first-order valence-corrected chi connectivity index (χ1v) is 11.6. The Morgan fingerprint density at radius 2 is 1.72 bits per heavy atom. The predicted octanol–water partition coefficient (Wildman–Crippen LogP) is 4.79. The Morgan fingerprint density at radius 1 is 1.06 bits per heavy atom. The molecular weight excluding hydrogens is 440 g/mol. The number of amides is 1. The normalized spacial score (nSPS) is 14.8. The van der Waals surface area contributed by atoms with Gasteiger partial charge in [-0.3, -0.25) is 4.18 Å². The Bertz CT molecular complexity index is 1090.